The van der Waals surface area contributed by atoms with Gasteiger partial charge in [0.1, 0.15) is 0 Å². The number of nitrogens with two attached hydrogens (primary N) is 1. The maximum absolute atomic E-state index is 5.73. The quantitative estimate of drug-likeness (QED) is 0.709. The van der Waals surface area contributed by atoms with Gasteiger partial charge in [-0.15, -0.1) is 0 Å². The topological polar surface area (TPSA) is 38.0 Å². The first-order valence-corrected chi connectivity index (χ1v) is 6.62. The molecule has 1 rings (SSSR count). The fourth-order valence-corrected chi connectivity index (χ4v) is 2.80. The van der Waals surface area contributed by atoms with E-state index >= 15 is 0 Å². The van der Waals surface area contributed by atoms with Crippen molar-refractivity contribution in [3.05, 3.63) is 0 Å². The summed E-state index contributed by atoms with van der Waals surface area (Å²) in [7, 11) is 0. The minimum Gasteiger partial charge on any atom is -0.330 e. The minimum absolute atomic E-state index is 0.632. The first-order chi connectivity index (χ1) is 6.27. The van der Waals surface area contributed by atoms with Crippen LogP contribution in [-0.2, 0) is 0 Å². The lowest BCUT2D eigenvalue weighted by Crippen LogP contribution is -2.42. The van der Waals surface area contributed by atoms with Crippen LogP contribution in [0.5, 0.6) is 0 Å². The molecule has 0 bridgehead atoms. The Hall–Kier alpha value is 0.270. The summed E-state index contributed by atoms with van der Waals surface area (Å²) in [5.41, 5.74) is 5.73. The van der Waals surface area contributed by atoms with Gasteiger partial charge in [0, 0.05) is 17.8 Å². The molecule has 0 radical (unpaired) electrons. The highest BCUT2D eigenvalue weighted by molar-refractivity contribution is 7.98. The monoisotopic (exact) mass is 202 g/mol. The summed E-state index contributed by atoms with van der Waals surface area (Å²) in [6.45, 7) is 3.12. The molecule has 1 aliphatic carbocycles. The number of rotatable bonds is 5. The molecule has 1 aliphatic rings. The summed E-state index contributed by atoms with van der Waals surface area (Å²) in [4.78, 5) is 0. The molecular formula is C10H22N2S. The zero-order valence-corrected chi connectivity index (χ0v) is 9.57. The Bertz CT molecular complexity index is 141. The molecule has 2 nitrogen and oxygen atoms in total. The molecule has 3 N–H and O–H groups in total. The summed E-state index contributed by atoms with van der Waals surface area (Å²) >= 11 is 1.91. The van der Waals surface area contributed by atoms with Crippen LogP contribution in [0, 0.1) is 5.92 Å². The lowest BCUT2D eigenvalue weighted by atomic mass is 10.0. The Morgan fingerprint density at radius 1 is 1.54 bits per heavy atom. The highest BCUT2D eigenvalue weighted by atomic mass is 32.2. The lowest BCUT2D eigenvalue weighted by Gasteiger charge is -2.23. The Morgan fingerprint density at radius 3 is 2.92 bits per heavy atom. The molecule has 0 spiro atoms. The van der Waals surface area contributed by atoms with Gasteiger partial charge in [-0.25, -0.2) is 0 Å². The summed E-state index contributed by atoms with van der Waals surface area (Å²) in [5.74, 6) is 1.93. The predicted octanol–water partition coefficient (Wildman–Crippen LogP) is 1.45. The third-order valence-electron chi connectivity index (χ3n) is 2.88. The van der Waals surface area contributed by atoms with Gasteiger partial charge in [-0.2, -0.15) is 11.8 Å². The van der Waals surface area contributed by atoms with E-state index in [1.165, 1.54) is 25.0 Å². The SMILES string of the molecule is CSCC(C)NC1CCCC1CN. The van der Waals surface area contributed by atoms with Crippen molar-refractivity contribution in [2.75, 3.05) is 18.6 Å². The highest BCUT2D eigenvalue weighted by Gasteiger charge is 2.26. The molecule has 0 aromatic carbocycles. The molecule has 78 valence electrons. The summed E-state index contributed by atoms with van der Waals surface area (Å²) in [6, 6.07) is 1.32. The van der Waals surface area contributed by atoms with Crippen LogP contribution in [0.4, 0.5) is 0 Å². The second-order valence-electron chi connectivity index (χ2n) is 4.06. The van der Waals surface area contributed by atoms with Crippen molar-refractivity contribution in [3.8, 4) is 0 Å². The second kappa shape index (κ2) is 5.89. The molecule has 13 heavy (non-hydrogen) atoms. The molecule has 0 aliphatic heterocycles. The van der Waals surface area contributed by atoms with Gasteiger partial charge in [0.2, 0.25) is 0 Å². The average Bonchev–Trinajstić information content (AvgIpc) is 2.52. The maximum Gasteiger partial charge on any atom is 0.0132 e. The van der Waals surface area contributed by atoms with Crippen molar-refractivity contribution in [1.82, 2.24) is 5.32 Å². The van der Waals surface area contributed by atoms with E-state index in [4.69, 9.17) is 5.73 Å². The fraction of sp³-hybridized carbons (Fsp3) is 1.00. The molecular weight excluding hydrogens is 180 g/mol. The van der Waals surface area contributed by atoms with Crippen LogP contribution in [0.25, 0.3) is 0 Å². The van der Waals surface area contributed by atoms with Crippen LogP contribution in [0.1, 0.15) is 26.2 Å². The molecule has 0 amide bonds. The molecule has 0 aromatic rings. The van der Waals surface area contributed by atoms with Crippen LogP contribution in [0.15, 0.2) is 0 Å². The summed E-state index contributed by atoms with van der Waals surface area (Å²) in [6.07, 6.45) is 6.15. The lowest BCUT2D eigenvalue weighted by molar-refractivity contribution is 0.382. The third kappa shape index (κ3) is 3.49. The normalized spacial score (nSPS) is 30.7. The molecule has 0 heterocycles. The Labute approximate surface area is 86.0 Å². The van der Waals surface area contributed by atoms with Gasteiger partial charge >= 0.3 is 0 Å². The van der Waals surface area contributed by atoms with E-state index in [9.17, 15) is 0 Å². The number of nitrogens with one attached hydrogen (secondary N) is 1. The second-order valence-corrected chi connectivity index (χ2v) is 4.97. The van der Waals surface area contributed by atoms with E-state index in [-0.39, 0.29) is 0 Å². The summed E-state index contributed by atoms with van der Waals surface area (Å²) < 4.78 is 0. The van der Waals surface area contributed by atoms with E-state index in [1.54, 1.807) is 0 Å². The van der Waals surface area contributed by atoms with Crippen LogP contribution in [0.2, 0.25) is 0 Å². The van der Waals surface area contributed by atoms with Crippen molar-refractivity contribution in [3.63, 3.8) is 0 Å². The molecule has 0 saturated heterocycles. The molecule has 3 unspecified atom stereocenters. The first kappa shape index (κ1) is 11.3. The van der Waals surface area contributed by atoms with Gasteiger partial charge in [-0.1, -0.05) is 6.42 Å². The Kier molecular flexibility index (Phi) is 5.14. The van der Waals surface area contributed by atoms with Gasteiger partial charge in [0.15, 0.2) is 0 Å². The molecule has 3 atom stereocenters. The van der Waals surface area contributed by atoms with Gasteiger partial charge in [-0.3, -0.25) is 0 Å². The highest BCUT2D eigenvalue weighted by Crippen LogP contribution is 2.25. The minimum atomic E-state index is 0.632. The Morgan fingerprint density at radius 2 is 2.31 bits per heavy atom. The van der Waals surface area contributed by atoms with Gasteiger partial charge in [0.05, 0.1) is 0 Å². The molecule has 0 aromatic heterocycles. The standard InChI is InChI=1S/C10H22N2S/c1-8(7-13-2)12-10-5-3-4-9(10)6-11/h8-10,12H,3-7,11H2,1-2H3. The van der Waals surface area contributed by atoms with E-state index in [0.29, 0.717) is 12.1 Å². The van der Waals surface area contributed by atoms with Crippen molar-refractivity contribution >= 4 is 11.8 Å². The van der Waals surface area contributed by atoms with E-state index in [1.807, 2.05) is 11.8 Å². The van der Waals surface area contributed by atoms with E-state index in [0.717, 1.165) is 12.5 Å². The van der Waals surface area contributed by atoms with Crippen molar-refractivity contribution in [1.29, 1.82) is 0 Å². The summed E-state index contributed by atoms with van der Waals surface area (Å²) in [5, 5.41) is 3.68. The smallest absolute Gasteiger partial charge is 0.0132 e. The Balaban J connectivity index is 2.26. The molecule has 1 saturated carbocycles. The van der Waals surface area contributed by atoms with Crippen LogP contribution >= 0.6 is 11.8 Å². The maximum atomic E-state index is 5.73. The van der Waals surface area contributed by atoms with Crippen molar-refractivity contribution < 1.29 is 0 Å². The zero-order chi connectivity index (χ0) is 9.68. The number of hydrogen-bond acceptors (Lipinski definition) is 3. The van der Waals surface area contributed by atoms with Crippen LogP contribution in [-0.4, -0.2) is 30.6 Å². The van der Waals surface area contributed by atoms with Crippen LogP contribution < -0.4 is 11.1 Å². The van der Waals surface area contributed by atoms with Crippen molar-refractivity contribution in [2.45, 2.75) is 38.3 Å². The van der Waals surface area contributed by atoms with E-state index < -0.39 is 0 Å². The van der Waals surface area contributed by atoms with Gasteiger partial charge in [-0.05, 0) is 38.5 Å². The average molecular weight is 202 g/mol. The zero-order valence-electron chi connectivity index (χ0n) is 8.75. The fourth-order valence-electron chi connectivity index (χ4n) is 2.20. The largest absolute Gasteiger partial charge is 0.330 e. The van der Waals surface area contributed by atoms with Gasteiger partial charge in [0.25, 0.3) is 0 Å². The number of hydrogen-bond donors (Lipinski definition) is 2. The van der Waals surface area contributed by atoms with Gasteiger partial charge < -0.3 is 11.1 Å². The van der Waals surface area contributed by atoms with Crippen LogP contribution in [0.3, 0.4) is 0 Å². The molecule has 1 fully saturated rings. The molecule has 3 heteroatoms. The first-order valence-electron chi connectivity index (χ1n) is 5.23. The van der Waals surface area contributed by atoms with E-state index in [2.05, 4.69) is 18.5 Å². The van der Waals surface area contributed by atoms with Crippen molar-refractivity contribution in [2.24, 2.45) is 11.7 Å². The third-order valence-corrected chi connectivity index (χ3v) is 3.71. The predicted molar refractivity (Wildman–Crippen MR) is 61.2 cm³/mol. The number of thioether (sulfide) groups is 1.